The van der Waals surface area contributed by atoms with Gasteiger partial charge in [-0.25, -0.2) is 19.9 Å². The summed E-state index contributed by atoms with van der Waals surface area (Å²) in [5.41, 5.74) is 22.2. The van der Waals surface area contributed by atoms with Gasteiger partial charge in [-0.3, -0.25) is 84.1 Å². The quantitative estimate of drug-likeness (QED) is 0.0312. The molecule has 22 rings (SSSR count). The molecule has 135 heavy (non-hydrogen) atoms. The van der Waals surface area contributed by atoms with Gasteiger partial charge in [-0.2, -0.15) is 20.4 Å². The number of carbonyl (C=O) groups excluding carboxylic acids is 4. The van der Waals surface area contributed by atoms with Gasteiger partial charge < -0.3 is 31.1 Å². The highest BCUT2D eigenvalue weighted by Crippen LogP contribution is 2.35. The van der Waals surface area contributed by atoms with E-state index in [4.69, 9.17) is 0 Å². The lowest BCUT2D eigenvalue weighted by Crippen LogP contribution is -2.38. The molecule has 8 N–H and O–H groups in total. The van der Waals surface area contributed by atoms with Gasteiger partial charge in [0.05, 0.1) is 75.8 Å². The van der Waals surface area contributed by atoms with Crippen LogP contribution < -0.4 is 31.1 Å². The van der Waals surface area contributed by atoms with Gasteiger partial charge in [0, 0.05) is 151 Å². The third kappa shape index (κ3) is 22.1. The summed E-state index contributed by atoms with van der Waals surface area (Å²) in [5, 5.41) is 43.7. The molecule has 0 bridgehead atoms. The number of aromatic amines is 4. The average Bonchev–Trinajstić information content (AvgIpc) is 1.68. The minimum Gasteiger partial charge on any atom is -0.356 e. The first-order valence-electron chi connectivity index (χ1n) is 47.2. The Kier molecular flexibility index (Phi) is 27.8. The molecule has 0 aliphatic carbocycles. The van der Waals surface area contributed by atoms with Gasteiger partial charge in [0.15, 0.2) is 22.8 Å². The molecule has 6 aliphatic rings. The number of hydrogen-bond donors (Lipinski definition) is 8. The number of hydrogen-bond acceptors (Lipinski definition) is 23. The number of aryl methyl sites for hydroxylation is 3. The van der Waals surface area contributed by atoms with E-state index in [1.165, 1.54) is 112 Å². The fourth-order valence-corrected chi connectivity index (χ4v) is 18.3. The lowest BCUT2D eigenvalue weighted by atomic mass is 10.0. The van der Waals surface area contributed by atoms with E-state index >= 15 is 0 Å². The molecule has 12 aromatic heterocycles. The minimum atomic E-state index is -0.308. The molecule has 31 nitrogen and oxygen atoms in total. The molecule has 6 fully saturated rings. The molecule has 0 saturated carbocycles. The monoisotopic (exact) mass is 1800 g/mol. The van der Waals surface area contributed by atoms with Crippen molar-refractivity contribution < 1.29 is 19.2 Å². The molecular weight excluding hydrogens is 1690 g/mol. The zero-order valence-corrected chi connectivity index (χ0v) is 76.5. The van der Waals surface area contributed by atoms with Crippen LogP contribution in [0.4, 0.5) is 34.4 Å². The topological polar surface area (TPSA) is 367 Å². The van der Waals surface area contributed by atoms with E-state index < -0.39 is 0 Å². The predicted molar refractivity (Wildman–Crippen MR) is 528 cm³/mol. The first-order valence-corrected chi connectivity index (χ1v) is 47.2. The van der Waals surface area contributed by atoms with Crippen molar-refractivity contribution in [1.29, 1.82) is 0 Å². The zero-order chi connectivity index (χ0) is 91.9. The molecule has 0 unspecified atom stereocenters. The van der Waals surface area contributed by atoms with Crippen LogP contribution in [0.2, 0.25) is 0 Å². The van der Waals surface area contributed by atoms with E-state index in [9.17, 15) is 19.2 Å². The number of nitrogens with one attached hydrogen (secondary N) is 8. The number of rotatable bonds is 22. The number of aromatic nitrogens is 17. The SMILES string of the molecule is Cc1cc(NC(=O)c2n[nH]c3ccc(-c4cncc(CN5CCCCC5)c4)cc23)cnc1N1CCC1.Cc1ccc(NC(=O)c2n[nH]c3ccc(-c4cncc(CN5CCCCC5)c4)cc23)cn1.Cc1ncc(NC(=O)c2n[nH]c3ccc(-c4cncc(CN5CCCCC5)c4)cc23)cn1.O=C(Nc1ccc(N2CCC2)nc1)c1n[nH]c2ccc(-c3cncc(CN4CCCCC4)c3)cc12. The van der Waals surface area contributed by atoms with Crippen LogP contribution in [0.1, 0.15) is 171 Å². The second-order valence-corrected chi connectivity index (χ2v) is 36.0. The van der Waals surface area contributed by atoms with Crippen molar-refractivity contribution in [1.82, 2.24) is 105 Å². The van der Waals surface area contributed by atoms with Gasteiger partial charge in [0.1, 0.15) is 17.5 Å². The number of nitrogens with zero attached hydrogens (tertiary/aromatic N) is 19. The van der Waals surface area contributed by atoms with E-state index in [0.717, 1.165) is 216 Å². The number of benzene rings is 4. The van der Waals surface area contributed by atoms with Gasteiger partial charge in [-0.15, -0.1) is 0 Å². The lowest BCUT2D eigenvalue weighted by Gasteiger charge is -2.33. The standard InChI is InChI=1S/C28H31N7O.C27H29N7O.C25H26N6O.C24H25N7O/c1-19-12-23(17-30-27(19)35-10-5-11-35)31-28(36)26-24-14-21(6-7-25(24)32-33-26)22-13-20(15-29-16-22)18-34-8-3-2-4-9-34;35-27(30-22-6-8-25(29-17-22)34-11-4-12-34)26-23-14-20(5-7-24(23)31-32-26)21-13-19(15-28-16-21)18-33-9-2-1-3-10-33;1-17-5-7-21(15-27-17)28-25(32)24-22-12-19(6-8-23(22)29-30-24)20-11-18(13-26-14-20)16-31-9-3-2-4-10-31;1-16-26-13-20(14-27-16)28-24(32)23-21-10-18(5-6-22(21)29-30-23)19-9-17(11-25-12-19)15-31-7-3-2-4-8-31/h6-7,12-17H,2-5,8-11,18H2,1H3,(H,31,36)(H,32,33);5-8,13-17H,1-4,9-12,18H2,(H,30,35)(H,31,32);5-8,11-15H,2-4,9-10,16H2,1H3,(H,28,32)(H,29,30);5-6,9-14H,2-4,7-8,15H2,1H3,(H,28,32)(H,29,30). The molecule has 686 valence electrons. The Bertz CT molecular complexity index is 6660. The van der Waals surface area contributed by atoms with Crippen LogP contribution >= 0.6 is 0 Å². The van der Waals surface area contributed by atoms with Crippen LogP contribution in [-0.4, -0.2) is 207 Å². The molecule has 4 aromatic carbocycles. The van der Waals surface area contributed by atoms with Crippen LogP contribution in [0.3, 0.4) is 0 Å². The van der Waals surface area contributed by atoms with Crippen molar-refractivity contribution in [2.75, 3.05) is 110 Å². The third-order valence-electron chi connectivity index (χ3n) is 25.9. The van der Waals surface area contributed by atoms with Gasteiger partial charge >= 0.3 is 0 Å². The first-order chi connectivity index (χ1) is 66.2. The minimum absolute atomic E-state index is 0.256. The number of pyridine rings is 7. The Morgan fingerprint density at radius 1 is 0.281 bits per heavy atom. The normalized spacial score (nSPS) is 15.4. The van der Waals surface area contributed by atoms with E-state index in [0.29, 0.717) is 51.3 Å². The van der Waals surface area contributed by atoms with Crippen LogP contribution in [-0.2, 0) is 26.2 Å². The van der Waals surface area contributed by atoms with Crippen LogP contribution in [0.25, 0.3) is 88.1 Å². The van der Waals surface area contributed by atoms with Crippen LogP contribution in [0, 0.1) is 20.8 Å². The van der Waals surface area contributed by atoms with E-state index in [2.05, 4.69) is 161 Å². The number of amides is 4. The number of carbonyl (C=O) groups is 4. The van der Waals surface area contributed by atoms with Gasteiger partial charge in [-0.05, 0) is 291 Å². The number of H-pyrrole nitrogens is 4. The van der Waals surface area contributed by atoms with Gasteiger partial charge in [0.2, 0.25) is 0 Å². The molecule has 31 heteroatoms. The molecule has 6 aliphatic heterocycles. The summed E-state index contributed by atoms with van der Waals surface area (Å²) >= 11 is 0. The number of piperidine rings is 4. The smallest absolute Gasteiger partial charge is 0.276 e. The maximum absolute atomic E-state index is 13.2. The van der Waals surface area contributed by atoms with Crippen molar-refractivity contribution in [2.45, 2.75) is 137 Å². The Labute approximate surface area is 782 Å². The second-order valence-electron chi connectivity index (χ2n) is 36.0. The van der Waals surface area contributed by atoms with E-state index in [-0.39, 0.29) is 23.6 Å². The Balaban J connectivity index is 0.000000116. The van der Waals surface area contributed by atoms with Crippen molar-refractivity contribution in [3.05, 3.63) is 270 Å². The summed E-state index contributed by atoms with van der Waals surface area (Å²) in [6.07, 6.45) is 41.4. The summed E-state index contributed by atoms with van der Waals surface area (Å²) in [4.78, 5) is 106. The highest BCUT2D eigenvalue weighted by atomic mass is 16.2. The first kappa shape index (κ1) is 89.4. The summed E-state index contributed by atoms with van der Waals surface area (Å²) in [7, 11) is 0. The summed E-state index contributed by atoms with van der Waals surface area (Å²) < 4.78 is 0. The molecule has 6 saturated heterocycles. The van der Waals surface area contributed by atoms with Crippen molar-refractivity contribution in [3.63, 3.8) is 0 Å². The predicted octanol–water partition coefficient (Wildman–Crippen LogP) is 17.8. The Morgan fingerprint density at radius 3 is 0.911 bits per heavy atom. The lowest BCUT2D eigenvalue weighted by molar-refractivity contribution is 0.101. The van der Waals surface area contributed by atoms with Crippen LogP contribution in [0.5, 0.6) is 0 Å². The second kappa shape index (κ2) is 42.0. The molecule has 18 heterocycles. The van der Waals surface area contributed by atoms with Crippen molar-refractivity contribution >= 4 is 102 Å². The number of fused-ring (bicyclic) bond motifs is 4. The van der Waals surface area contributed by atoms with Crippen molar-refractivity contribution in [2.24, 2.45) is 0 Å². The summed E-state index contributed by atoms with van der Waals surface area (Å²) in [6.45, 7) is 22.8. The van der Waals surface area contributed by atoms with Gasteiger partial charge in [0.25, 0.3) is 23.6 Å². The summed E-state index contributed by atoms with van der Waals surface area (Å²) in [6, 6.07) is 42.3. The molecule has 0 radical (unpaired) electrons. The number of anilines is 6. The fourth-order valence-electron chi connectivity index (χ4n) is 18.3. The molecule has 0 atom stereocenters. The molecule has 4 amide bonds. The highest BCUT2D eigenvalue weighted by molar-refractivity contribution is 6.14. The maximum Gasteiger partial charge on any atom is 0.276 e. The number of likely N-dealkylation sites (tertiary alicyclic amines) is 4. The van der Waals surface area contributed by atoms with E-state index in [1.54, 1.807) is 37.9 Å². The Hall–Kier alpha value is -14.8. The molecular formula is C104H111N27O4. The third-order valence-corrected chi connectivity index (χ3v) is 25.9. The molecule has 16 aromatic rings. The largest absolute Gasteiger partial charge is 0.356 e. The Morgan fingerprint density at radius 2 is 0.600 bits per heavy atom. The molecule has 0 spiro atoms. The average molecular weight is 1800 g/mol. The van der Waals surface area contributed by atoms with E-state index in [1.807, 2.05) is 167 Å². The van der Waals surface area contributed by atoms with Gasteiger partial charge in [-0.1, -0.05) is 49.9 Å². The zero-order valence-electron chi connectivity index (χ0n) is 76.5. The summed E-state index contributed by atoms with van der Waals surface area (Å²) in [5.74, 6) is 1.49. The van der Waals surface area contributed by atoms with Crippen molar-refractivity contribution in [3.8, 4) is 44.5 Å². The fraction of sp³-hybridized carbons (Fsp3) is 0.317. The highest BCUT2D eigenvalue weighted by Gasteiger charge is 2.26. The van der Waals surface area contributed by atoms with Crippen LogP contribution in [0.15, 0.2) is 208 Å². The maximum atomic E-state index is 13.2.